The summed E-state index contributed by atoms with van der Waals surface area (Å²) in [6.07, 6.45) is 2.14. The van der Waals surface area contributed by atoms with Crippen molar-refractivity contribution in [3.63, 3.8) is 0 Å². The minimum absolute atomic E-state index is 0.0704. The molecular weight excluding hydrogens is 635 g/mol. The van der Waals surface area contributed by atoms with Gasteiger partial charge in [0.2, 0.25) is 0 Å². The molecule has 1 aliphatic rings. The van der Waals surface area contributed by atoms with Crippen molar-refractivity contribution >= 4 is 35.4 Å². The second-order valence-corrected chi connectivity index (χ2v) is 13.3. The predicted molar refractivity (Wildman–Crippen MR) is 162 cm³/mol. The van der Waals surface area contributed by atoms with Crippen molar-refractivity contribution < 1.29 is 32.8 Å². The molecule has 3 heterocycles. The molecule has 3 aromatic rings. The molecule has 0 radical (unpaired) electrons. The monoisotopic (exact) mass is 664 g/mol. The minimum Gasteiger partial charge on any atom is -0.427 e. The fraction of sp³-hybridized carbons (Fsp3) is 0.385. The molecule has 2 N–H and O–H groups in total. The Morgan fingerprint density at radius 1 is 1.27 bits per heavy atom. The number of phosphoric acid groups is 1. The van der Waals surface area contributed by atoms with E-state index in [1.54, 1.807) is 52.1 Å². The maximum Gasteiger partial charge on any atom is 0.472 e. The summed E-state index contributed by atoms with van der Waals surface area (Å²) < 4.78 is 34.9. The van der Waals surface area contributed by atoms with E-state index in [1.165, 1.54) is 13.1 Å². The highest BCUT2D eigenvalue weighted by Gasteiger charge is 2.38. The number of carbonyl (C=O) groups is 1. The van der Waals surface area contributed by atoms with Gasteiger partial charge in [0.25, 0.3) is 5.56 Å². The van der Waals surface area contributed by atoms with E-state index in [2.05, 4.69) is 20.0 Å². The average Bonchev–Trinajstić information content (AvgIpc) is 3.40. The van der Waals surface area contributed by atoms with Crippen molar-refractivity contribution in [1.29, 1.82) is 0 Å². The molecule has 1 aromatic carbocycles. The van der Waals surface area contributed by atoms with Crippen molar-refractivity contribution in [3.8, 4) is 5.75 Å². The zero-order valence-electron chi connectivity index (χ0n) is 23.4. The number of ether oxygens (including phenoxy) is 2. The number of hydrogen-bond donors (Lipinski definition) is 2. The first-order valence-corrected chi connectivity index (χ1v) is 17.1. The number of azide groups is 1. The van der Waals surface area contributed by atoms with Crippen LogP contribution in [0.4, 0.5) is 0 Å². The number of benzene rings is 1. The third kappa shape index (κ3) is 10.1. The summed E-state index contributed by atoms with van der Waals surface area (Å²) in [5, 5.41) is 4.55. The van der Waals surface area contributed by atoms with Crippen LogP contribution in [0.2, 0.25) is 0 Å². The lowest BCUT2D eigenvalue weighted by molar-refractivity contribution is -0.134. The van der Waals surface area contributed by atoms with Gasteiger partial charge in [0.1, 0.15) is 17.0 Å². The molecule has 1 fully saturated rings. The van der Waals surface area contributed by atoms with E-state index < -0.39 is 44.1 Å². The third-order valence-corrected chi connectivity index (χ3v) is 9.48. The van der Waals surface area contributed by atoms with Crippen molar-refractivity contribution in [2.45, 2.75) is 56.2 Å². The van der Waals surface area contributed by atoms with Crippen LogP contribution in [-0.4, -0.2) is 49.9 Å². The van der Waals surface area contributed by atoms with Crippen molar-refractivity contribution in [2.75, 3.05) is 12.4 Å². The highest BCUT2D eigenvalue weighted by molar-refractivity contribution is 8.76. The first-order chi connectivity index (χ1) is 21.1. The van der Waals surface area contributed by atoms with Crippen LogP contribution in [0, 0.1) is 6.92 Å². The Labute approximate surface area is 258 Å². The van der Waals surface area contributed by atoms with Crippen LogP contribution in [0.25, 0.3) is 10.4 Å². The van der Waals surface area contributed by atoms with Crippen LogP contribution < -0.4 is 16.0 Å². The van der Waals surface area contributed by atoms with Crippen molar-refractivity contribution in [1.82, 2.24) is 14.5 Å². The summed E-state index contributed by atoms with van der Waals surface area (Å²) in [5.41, 5.74) is 8.46. The van der Waals surface area contributed by atoms with Gasteiger partial charge in [-0.15, -0.1) is 0 Å². The van der Waals surface area contributed by atoms with Crippen LogP contribution in [-0.2, 0) is 29.8 Å². The summed E-state index contributed by atoms with van der Waals surface area (Å²) in [4.78, 5) is 55.4. The number of aryl methyl sites for hydroxylation is 1. The highest BCUT2D eigenvalue weighted by Crippen LogP contribution is 2.45. The number of aromatic amines is 1. The summed E-state index contributed by atoms with van der Waals surface area (Å²) >= 11 is 0. The summed E-state index contributed by atoms with van der Waals surface area (Å²) in [6.45, 7) is 0.759. The molecule has 234 valence electrons. The molecule has 15 nitrogen and oxygen atoms in total. The minimum atomic E-state index is -4.57. The number of aromatic nitrogens is 3. The molecule has 4 rings (SSSR count). The molecule has 18 heteroatoms. The number of H-pyrrole nitrogens is 1. The second-order valence-electron chi connectivity index (χ2n) is 9.45. The molecule has 4 atom stereocenters. The van der Waals surface area contributed by atoms with Crippen LogP contribution in [0.5, 0.6) is 5.75 Å². The van der Waals surface area contributed by atoms with Gasteiger partial charge >= 0.3 is 19.5 Å². The van der Waals surface area contributed by atoms with Crippen LogP contribution in [0.3, 0.4) is 0 Å². The van der Waals surface area contributed by atoms with Crippen LogP contribution in [0.1, 0.15) is 36.6 Å². The van der Waals surface area contributed by atoms with Crippen molar-refractivity contribution in [3.05, 3.63) is 97.3 Å². The Morgan fingerprint density at radius 2 is 2.07 bits per heavy atom. The second kappa shape index (κ2) is 16.1. The Bertz CT molecular complexity index is 1630. The summed E-state index contributed by atoms with van der Waals surface area (Å²) in [5.74, 6) is 0.706. The van der Waals surface area contributed by atoms with Gasteiger partial charge in [-0.25, -0.2) is 14.3 Å². The van der Waals surface area contributed by atoms with E-state index in [0.717, 1.165) is 15.3 Å². The Balaban J connectivity index is 1.20. The largest absolute Gasteiger partial charge is 0.472 e. The molecule has 0 amide bonds. The Morgan fingerprint density at radius 3 is 2.80 bits per heavy atom. The van der Waals surface area contributed by atoms with Gasteiger partial charge < -0.3 is 14.4 Å². The van der Waals surface area contributed by atoms with Gasteiger partial charge in [-0.05, 0) is 59.5 Å². The van der Waals surface area contributed by atoms with E-state index in [1.807, 2.05) is 18.2 Å². The number of hydrogen-bond acceptors (Lipinski definition) is 12. The van der Waals surface area contributed by atoms with E-state index in [4.69, 9.17) is 24.1 Å². The Kier molecular flexibility index (Phi) is 12.2. The number of carbonyl (C=O) groups excluding carboxylic acids is 1. The molecule has 0 spiro atoms. The number of pyridine rings is 1. The number of rotatable bonds is 15. The SMILES string of the molecule is Cc1cn([C@H]2CC(N=[N+]=[N-])[C@@H](COP(=O)(O)OCc3ccc(OC(=O)CCCSSc4ccccn4)cc3)O2)c(=O)[nH]c1=O. The normalized spacial score (nSPS) is 19.2. The Hall–Kier alpha value is -3.40. The number of phosphoric ester groups is 1. The fourth-order valence-electron chi connectivity index (χ4n) is 3.99. The number of nitrogens with one attached hydrogen (secondary N) is 1. The van der Waals surface area contributed by atoms with Gasteiger partial charge in [-0.3, -0.25) is 28.2 Å². The number of nitrogens with zero attached hydrogens (tertiary/aromatic N) is 5. The summed E-state index contributed by atoms with van der Waals surface area (Å²) in [6, 6.07) is 11.1. The average molecular weight is 665 g/mol. The van der Waals surface area contributed by atoms with E-state index in [-0.39, 0.29) is 31.0 Å². The zero-order valence-corrected chi connectivity index (χ0v) is 25.9. The van der Waals surface area contributed by atoms with Crippen LogP contribution in [0.15, 0.2) is 74.6 Å². The predicted octanol–water partition coefficient (Wildman–Crippen LogP) is 4.67. The lowest BCUT2D eigenvalue weighted by Crippen LogP contribution is -2.33. The quantitative estimate of drug-likeness (QED) is 0.0332. The third-order valence-electron chi connectivity index (χ3n) is 6.20. The van der Waals surface area contributed by atoms with Gasteiger partial charge in [-0.1, -0.05) is 34.1 Å². The first-order valence-electron chi connectivity index (χ1n) is 13.3. The molecule has 1 saturated heterocycles. The molecule has 0 aliphatic carbocycles. The smallest absolute Gasteiger partial charge is 0.427 e. The van der Waals surface area contributed by atoms with Crippen LogP contribution >= 0.6 is 29.4 Å². The maximum absolute atomic E-state index is 12.5. The number of esters is 1. The molecule has 1 aliphatic heterocycles. The molecule has 0 saturated carbocycles. The lowest BCUT2D eigenvalue weighted by atomic mass is 10.1. The summed E-state index contributed by atoms with van der Waals surface area (Å²) in [7, 11) is -1.41. The van der Waals surface area contributed by atoms with Crippen molar-refractivity contribution in [2.24, 2.45) is 5.11 Å². The highest BCUT2D eigenvalue weighted by atomic mass is 33.1. The lowest BCUT2D eigenvalue weighted by Gasteiger charge is -2.18. The topological polar surface area (TPSA) is 208 Å². The molecule has 0 bridgehead atoms. The van der Waals surface area contributed by atoms with E-state index in [9.17, 15) is 23.8 Å². The van der Waals surface area contributed by atoms with E-state index >= 15 is 0 Å². The van der Waals surface area contributed by atoms with E-state index in [0.29, 0.717) is 17.7 Å². The van der Waals surface area contributed by atoms with Gasteiger partial charge in [0, 0.05) is 41.5 Å². The molecule has 2 aromatic heterocycles. The zero-order chi connectivity index (χ0) is 31.5. The van der Waals surface area contributed by atoms with Gasteiger partial charge in [-0.2, -0.15) is 0 Å². The standard InChI is InChI=1S/C26H29N6O9PS2/c1-17-14-32(26(35)29-25(17)34)23-13-20(30-31-27)21(41-23)16-39-42(36,37)38-15-18-7-9-19(10-8-18)40-24(33)6-4-12-43-44-22-5-2-3-11-28-22/h2-3,5,7-11,14,20-21,23H,4,6,12-13,15-16H2,1H3,(H,36,37)(H,29,34,35)/t20?,21-,23-/m1/s1. The first kappa shape index (κ1) is 33.5. The fourth-order valence-corrected chi connectivity index (χ4v) is 6.68. The molecule has 2 unspecified atom stereocenters. The van der Waals surface area contributed by atoms with Gasteiger partial charge in [0.15, 0.2) is 0 Å². The maximum atomic E-state index is 12.5. The van der Waals surface area contributed by atoms with Gasteiger partial charge in [0.05, 0.1) is 25.4 Å². The molecular formula is C26H29N6O9PS2. The molecule has 44 heavy (non-hydrogen) atoms.